The molecule has 0 radical (unpaired) electrons. The van der Waals surface area contributed by atoms with Crippen molar-refractivity contribution in [2.75, 3.05) is 12.8 Å². The Morgan fingerprint density at radius 1 is 1.22 bits per heavy atom. The normalized spacial score (nSPS) is 10.2. The number of anilines is 1. The molecule has 0 bridgehead atoms. The van der Waals surface area contributed by atoms with E-state index in [9.17, 15) is 4.39 Å². The number of halogens is 2. The first kappa shape index (κ1) is 12.6. The number of aromatic nitrogens is 2. The number of ether oxygens (including phenoxy) is 2. The van der Waals surface area contributed by atoms with Crippen LogP contribution >= 0.6 is 15.9 Å². The van der Waals surface area contributed by atoms with Gasteiger partial charge in [-0.05, 0) is 28.1 Å². The summed E-state index contributed by atoms with van der Waals surface area (Å²) >= 11 is 3.24. The van der Waals surface area contributed by atoms with E-state index < -0.39 is 5.82 Å². The lowest BCUT2D eigenvalue weighted by Gasteiger charge is -2.08. The maximum Gasteiger partial charge on any atom is 0.227 e. The van der Waals surface area contributed by atoms with Crippen LogP contribution in [-0.2, 0) is 0 Å². The first-order valence-electron chi connectivity index (χ1n) is 4.90. The number of nitrogens with two attached hydrogens (primary N) is 1. The number of methoxy groups -OCH3 is 1. The van der Waals surface area contributed by atoms with Gasteiger partial charge in [0, 0.05) is 6.07 Å². The third-order valence-electron chi connectivity index (χ3n) is 2.01. The zero-order chi connectivity index (χ0) is 13.1. The number of benzene rings is 1. The summed E-state index contributed by atoms with van der Waals surface area (Å²) in [4.78, 5) is 7.68. The molecule has 0 saturated carbocycles. The Morgan fingerprint density at radius 2 is 1.94 bits per heavy atom. The molecule has 1 aromatic heterocycles. The van der Waals surface area contributed by atoms with Crippen LogP contribution in [0.15, 0.2) is 28.7 Å². The SMILES string of the molecule is COc1cc(Oc2cc(F)ccc2Br)nc(N)n1. The van der Waals surface area contributed by atoms with Gasteiger partial charge in [-0.2, -0.15) is 9.97 Å². The van der Waals surface area contributed by atoms with Crippen molar-refractivity contribution in [1.82, 2.24) is 9.97 Å². The second-order valence-corrected chi connectivity index (χ2v) is 4.14. The Balaban J connectivity index is 2.33. The molecule has 2 N–H and O–H groups in total. The van der Waals surface area contributed by atoms with Crippen LogP contribution < -0.4 is 15.2 Å². The molecule has 0 aliphatic carbocycles. The molecule has 0 aliphatic rings. The van der Waals surface area contributed by atoms with Gasteiger partial charge in [0.2, 0.25) is 17.7 Å². The maximum atomic E-state index is 13.1. The molecule has 0 saturated heterocycles. The first-order valence-corrected chi connectivity index (χ1v) is 5.69. The van der Waals surface area contributed by atoms with Gasteiger partial charge in [-0.1, -0.05) is 0 Å². The van der Waals surface area contributed by atoms with Gasteiger partial charge in [-0.3, -0.25) is 0 Å². The van der Waals surface area contributed by atoms with E-state index in [2.05, 4.69) is 25.9 Å². The monoisotopic (exact) mass is 313 g/mol. The molecular weight excluding hydrogens is 305 g/mol. The largest absolute Gasteiger partial charge is 0.481 e. The van der Waals surface area contributed by atoms with Crippen molar-refractivity contribution in [1.29, 1.82) is 0 Å². The van der Waals surface area contributed by atoms with Gasteiger partial charge in [-0.25, -0.2) is 4.39 Å². The van der Waals surface area contributed by atoms with E-state index in [1.54, 1.807) is 0 Å². The van der Waals surface area contributed by atoms with E-state index in [4.69, 9.17) is 15.2 Å². The van der Waals surface area contributed by atoms with Crippen LogP contribution in [0.3, 0.4) is 0 Å². The number of nitrogens with zero attached hydrogens (tertiary/aromatic N) is 2. The highest BCUT2D eigenvalue weighted by Crippen LogP contribution is 2.30. The molecule has 0 spiro atoms. The van der Waals surface area contributed by atoms with Crippen LogP contribution in [0.1, 0.15) is 0 Å². The van der Waals surface area contributed by atoms with Gasteiger partial charge in [0.15, 0.2) is 0 Å². The Hall–Kier alpha value is -1.89. The molecule has 0 atom stereocenters. The van der Waals surface area contributed by atoms with Crippen LogP contribution in [-0.4, -0.2) is 17.1 Å². The molecule has 5 nitrogen and oxygen atoms in total. The van der Waals surface area contributed by atoms with Gasteiger partial charge in [0.1, 0.15) is 11.6 Å². The zero-order valence-electron chi connectivity index (χ0n) is 9.35. The highest BCUT2D eigenvalue weighted by molar-refractivity contribution is 9.10. The third-order valence-corrected chi connectivity index (χ3v) is 2.67. The summed E-state index contributed by atoms with van der Waals surface area (Å²) in [5, 5.41) is 0. The minimum Gasteiger partial charge on any atom is -0.481 e. The fraction of sp³-hybridized carbons (Fsp3) is 0.0909. The van der Waals surface area contributed by atoms with Gasteiger partial charge in [0.25, 0.3) is 0 Å². The summed E-state index contributed by atoms with van der Waals surface area (Å²) < 4.78 is 24.0. The van der Waals surface area contributed by atoms with E-state index in [-0.39, 0.29) is 23.5 Å². The van der Waals surface area contributed by atoms with Gasteiger partial charge in [-0.15, -0.1) is 0 Å². The van der Waals surface area contributed by atoms with Crippen LogP contribution in [0.2, 0.25) is 0 Å². The second kappa shape index (κ2) is 5.18. The quantitative estimate of drug-likeness (QED) is 0.943. The Labute approximate surface area is 111 Å². The highest BCUT2D eigenvalue weighted by Gasteiger charge is 2.08. The lowest BCUT2D eigenvalue weighted by atomic mass is 10.3. The maximum absolute atomic E-state index is 13.1. The van der Waals surface area contributed by atoms with Crippen LogP contribution in [0.25, 0.3) is 0 Å². The first-order chi connectivity index (χ1) is 8.58. The van der Waals surface area contributed by atoms with Gasteiger partial charge in [0.05, 0.1) is 17.6 Å². The molecule has 2 aromatic rings. The molecule has 0 aliphatic heterocycles. The highest BCUT2D eigenvalue weighted by atomic mass is 79.9. The van der Waals surface area contributed by atoms with Crippen molar-refractivity contribution in [3.05, 3.63) is 34.6 Å². The topological polar surface area (TPSA) is 70.3 Å². The summed E-state index contributed by atoms with van der Waals surface area (Å²) in [6.07, 6.45) is 0. The number of hydrogen-bond acceptors (Lipinski definition) is 5. The fourth-order valence-electron chi connectivity index (χ4n) is 1.25. The molecule has 7 heteroatoms. The summed E-state index contributed by atoms with van der Waals surface area (Å²) in [7, 11) is 1.45. The Bertz CT molecular complexity index is 580. The summed E-state index contributed by atoms with van der Waals surface area (Å²) in [5.74, 6) is 0.324. The molecule has 1 heterocycles. The number of nitrogen functional groups attached to an aromatic ring is 1. The molecule has 0 amide bonds. The van der Waals surface area contributed by atoms with E-state index in [1.165, 1.54) is 31.4 Å². The van der Waals surface area contributed by atoms with E-state index in [0.29, 0.717) is 4.47 Å². The molecule has 94 valence electrons. The standard InChI is InChI=1S/C11H9BrFN3O2/c1-17-9-5-10(16-11(14)15-9)18-8-4-6(13)2-3-7(8)12/h2-5H,1H3,(H2,14,15,16). The average molecular weight is 314 g/mol. The van der Waals surface area contributed by atoms with Crippen molar-refractivity contribution in [3.63, 3.8) is 0 Å². The van der Waals surface area contributed by atoms with Gasteiger partial charge >= 0.3 is 0 Å². The number of hydrogen-bond donors (Lipinski definition) is 1. The van der Waals surface area contributed by atoms with Crippen LogP contribution in [0.5, 0.6) is 17.5 Å². The predicted octanol–water partition coefficient (Wildman–Crippen LogP) is 2.76. The minimum atomic E-state index is -0.415. The number of rotatable bonds is 3. The summed E-state index contributed by atoms with van der Waals surface area (Å²) in [6, 6.07) is 5.53. The Morgan fingerprint density at radius 3 is 2.67 bits per heavy atom. The summed E-state index contributed by atoms with van der Waals surface area (Å²) in [5.41, 5.74) is 5.49. The molecule has 18 heavy (non-hydrogen) atoms. The fourth-order valence-corrected chi connectivity index (χ4v) is 1.57. The predicted molar refractivity (Wildman–Crippen MR) is 67.2 cm³/mol. The van der Waals surface area contributed by atoms with Crippen molar-refractivity contribution >= 4 is 21.9 Å². The van der Waals surface area contributed by atoms with Crippen molar-refractivity contribution in [2.24, 2.45) is 0 Å². The molecule has 1 aromatic carbocycles. The minimum absolute atomic E-state index is 0.0110. The van der Waals surface area contributed by atoms with E-state index >= 15 is 0 Å². The molecule has 0 fully saturated rings. The zero-order valence-corrected chi connectivity index (χ0v) is 10.9. The third kappa shape index (κ3) is 2.86. The van der Waals surface area contributed by atoms with Crippen molar-refractivity contribution in [3.8, 4) is 17.5 Å². The average Bonchev–Trinajstić information content (AvgIpc) is 2.33. The van der Waals surface area contributed by atoms with Crippen LogP contribution in [0.4, 0.5) is 10.3 Å². The van der Waals surface area contributed by atoms with Crippen LogP contribution in [0, 0.1) is 5.82 Å². The second-order valence-electron chi connectivity index (χ2n) is 3.28. The lowest BCUT2D eigenvalue weighted by Crippen LogP contribution is -1.99. The van der Waals surface area contributed by atoms with E-state index in [1.807, 2.05) is 0 Å². The van der Waals surface area contributed by atoms with Crippen molar-refractivity contribution in [2.45, 2.75) is 0 Å². The lowest BCUT2D eigenvalue weighted by molar-refractivity contribution is 0.388. The molecule has 0 unspecified atom stereocenters. The smallest absolute Gasteiger partial charge is 0.227 e. The Kier molecular flexibility index (Phi) is 3.61. The van der Waals surface area contributed by atoms with Crippen molar-refractivity contribution < 1.29 is 13.9 Å². The van der Waals surface area contributed by atoms with Gasteiger partial charge < -0.3 is 15.2 Å². The van der Waals surface area contributed by atoms with E-state index in [0.717, 1.165) is 0 Å². The summed E-state index contributed by atoms with van der Waals surface area (Å²) in [6.45, 7) is 0. The molecule has 2 rings (SSSR count). The molecular formula is C11H9BrFN3O2.